The van der Waals surface area contributed by atoms with E-state index in [1.165, 1.54) is 5.75 Å². The smallest absolute Gasteiger partial charge is 0.136 e. The maximum absolute atomic E-state index is 5.11. The van der Waals surface area contributed by atoms with Crippen molar-refractivity contribution in [1.82, 2.24) is 4.90 Å². The lowest BCUT2D eigenvalue weighted by Gasteiger charge is -2.20. The van der Waals surface area contributed by atoms with Crippen molar-refractivity contribution in [3.05, 3.63) is 0 Å². The van der Waals surface area contributed by atoms with E-state index in [1.807, 2.05) is 0 Å². The Kier molecular flexibility index (Phi) is 2.35. The molecule has 1 rings (SSSR count). The van der Waals surface area contributed by atoms with Crippen molar-refractivity contribution in [2.45, 2.75) is 19.9 Å². The molecule has 1 aliphatic rings. The average Bonchev–Trinajstić information content (AvgIpc) is 2.13. The van der Waals surface area contributed by atoms with E-state index in [-0.39, 0.29) is 0 Å². The van der Waals surface area contributed by atoms with Gasteiger partial charge in [-0.1, -0.05) is 24.0 Å². The summed E-state index contributed by atoms with van der Waals surface area (Å²) < 4.78 is 1.07. The van der Waals surface area contributed by atoms with Crippen molar-refractivity contribution in [1.29, 1.82) is 0 Å². The van der Waals surface area contributed by atoms with E-state index in [4.69, 9.17) is 12.2 Å². The van der Waals surface area contributed by atoms with Crippen LogP contribution in [0.3, 0.4) is 0 Å². The molecule has 0 radical (unpaired) electrons. The second kappa shape index (κ2) is 2.88. The number of rotatable bonds is 1. The summed E-state index contributed by atoms with van der Waals surface area (Å²) in [7, 11) is 0. The number of thiocarbonyl (C=S) groups is 1. The molecular formula is C6H11NS2. The number of thioether (sulfide) groups is 1. The van der Waals surface area contributed by atoms with Gasteiger partial charge in [-0.3, -0.25) is 0 Å². The molecule has 0 aliphatic carbocycles. The van der Waals surface area contributed by atoms with Gasteiger partial charge in [0, 0.05) is 18.3 Å². The van der Waals surface area contributed by atoms with Crippen LogP contribution in [0.5, 0.6) is 0 Å². The van der Waals surface area contributed by atoms with Gasteiger partial charge in [0.2, 0.25) is 0 Å². The van der Waals surface area contributed by atoms with Crippen molar-refractivity contribution in [2.75, 3.05) is 12.3 Å². The van der Waals surface area contributed by atoms with Gasteiger partial charge >= 0.3 is 0 Å². The van der Waals surface area contributed by atoms with E-state index in [0.717, 1.165) is 10.9 Å². The fourth-order valence-corrected chi connectivity index (χ4v) is 2.36. The van der Waals surface area contributed by atoms with E-state index in [0.29, 0.717) is 6.04 Å². The third-order valence-corrected chi connectivity index (χ3v) is 2.87. The fraction of sp³-hybridized carbons (Fsp3) is 0.833. The SMILES string of the molecule is CC(C)N1CCSC1=S. The van der Waals surface area contributed by atoms with Crippen LogP contribution in [-0.2, 0) is 0 Å². The lowest BCUT2D eigenvalue weighted by atomic mass is 10.3. The van der Waals surface area contributed by atoms with Crippen LogP contribution in [0.4, 0.5) is 0 Å². The first-order valence-corrected chi connectivity index (χ1v) is 4.54. The quantitative estimate of drug-likeness (QED) is 0.539. The third kappa shape index (κ3) is 1.58. The van der Waals surface area contributed by atoms with Crippen LogP contribution in [0.1, 0.15) is 13.8 Å². The Balaban J connectivity index is 2.49. The van der Waals surface area contributed by atoms with E-state index in [9.17, 15) is 0 Å². The van der Waals surface area contributed by atoms with Gasteiger partial charge in [-0.15, -0.1) is 0 Å². The summed E-state index contributed by atoms with van der Waals surface area (Å²) in [4.78, 5) is 2.26. The molecule has 1 nitrogen and oxygen atoms in total. The van der Waals surface area contributed by atoms with Crippen LogP contribution in [0, 0.1) is 0 Å². The summed E-state index contributed by atoms with van der Waals surface area (Å²) in [6, 6.07) is 0.590. The Labute approximate surface area is 65.8 Å². The molecule has 0 aromatic carbocycles. The van der Waals surface area contributed by atoms with Crippen molar-refractivity contribution < 1.29 is 0 Å². The lowest BCUT2D eigenvalue weighted by Crippen LogP contribution is -2.30. The highest BCUT2D eigenvalue weighted by Gasteiger charge is 2.18. The molecule has 0 spiro atoms. The first-order valence-electron chi connectivity index (χ1n) is 3.15. The Morgan fingerprint density at radius 2 is 2.33 bits per heavy atom. The largest absolute Gasteiger partial charge is 0.354 e. The molecule has 1 fully saturated rings. The Morgan fingerprint density at radius 3 is 2.56 bits per heavy atom. The van der Waals surface area contributed by atoms with E-state index in [1.54, 1.807) is 11.8 Å². The minimum atomic E-state index is 0.590. The minimum Gasteiger partial charge on any atom is -0.354 e. The molecule has 0 aromatic heterocycles. The number of nitrogens with zero attached hydrogens (tertiary/aromatic N) is 1. The topological polar surface area (TPSA) is 3.24 Å². The molecule has 0 bridgehead atoms. The monoisotopic (exact) mass is 161 g/mol. The molecule has 1 saturated heterocycles. The zero-order chi connectivity index (χ0) is 6.85. The van der Waals surface area contributed by atoms with Crippen LogP contribution in [0.2, 0.25) is 0 Å². The average molecular weight is 161 g/mol. The number of hydrogen-bond donors (Lipinski definition) is 0. The molecule has 52 valence electrons. The molecule has 0 aromatic rings. The van der Waals surface area contributed by atoms with Gasteiger partial charge in [0.1, 0.15) is 4.32 Å². The second-order valence-electron chi connectivity index (χ2n) is 2.40. The van der Waals surface area contributed by atoms with Gasteiger partial charge in [-0.05, 0) is 13.8 Å². The number of hydrogen-bond acceptors (Lipinski definition) is 2. The molecule has 3 heteroatoms. The maximum Gasteiger partial charge on any atom is 0.136 e. The van der Waals surface area contributed by atoms with E-state index in [2.05, 4.69) is 18.7 Å². The summed E-state index contributed by atoms with van der Waals surface area (Å²) in [5, 5.41) is 0. The molecule has 1 heterocycles. The van der Waals surface area contributed by atoms with Crippen molar-refractivity contribution in [3.63, 3.8) is 0 Å². The highest BCUT2D eigenvalue weighted by atomic mass is 32.2. The molecule has 0 amide bonds. The van der Waals surface area contributed by atoms with Gasteiger partial charge in [0.15, 0.2) is 0 Å². The first kappa shape index (κ1) is 7.35. The van der Waals surface area contributed by atoms with Gasteiger partial charge in [0.25, 0.3) is 0 Å². The summed E-state index contributed by atoms with van der Waals surface area (Å²) >= 11 is 6.90. The maximum atomic E-state index is 5.11. The third-order valence-electron chi connectivity index (χ3n) is 1.42. The predicted molar refractivity (Wildman–Crippen MR) is 46.9 cm³/mol. The second-order valence-corrected chi connectivity index (χ2v) is 4.13. The van der Waals surface area contributed by atoms with Gasteiger partial charge in [-0.2, -0.15) is 0 Å². The molecule has 9 heavy (non-hydrogen) atoms. The summed E-state index contributed by atoms with van der Waals surface area (Å²) in [6.07, 6.45) is 0. The standard InChI is InChI=1S/C6H11NS2/c1-5(2)7-3-4-9-6(7)8/h5H,3-4H2,1-2H3. The zero-order valence-corrected chi connectivity index (χ0v) is 7.39. The normalized spacial score (nSPS) is 19.9. The highest BCUT2D eigenvalue weighted by Crippen LogP contribution is 2.19. The molecule has 0 atom stereocenters. The molecule has 0 N–H and O–H groups in total. The van der Waals surface area contributed by atoms with Crippen molar-refractivity contribution in [3.8, 4) is 0 Å². The summed E-state index contributed by atoms with van der Waals surface area (Å²) in [5.41, 5.74) is 0. The Bertz CT molecular complexity index is 122. The van der Waals surface area contributed by atoms with Crippen LogP contribution >= 0.6 is 24.0 Å². The van der Waals surface area contributed by atoms with Crippen molar-refractivity contribution in [2.24, 2.45) is 0 Å². The fourth-order valence-electron chi connectivity index (χ4n) is 0.875. The summed E-state index contributed by atoms with van der Waals surface area (Å²) in [6.45, 7) is 5.50. The van der Waals surface area contributed by atoms with Gasteiger partial charge in [0.05, 0.1) is 0 Å². The first-order chi connectivity index (χ1) is 4.22. The van der Waals surface area contributed by atoms with E-state index >= 15 is 0 Å². The molecule has 1 aliphatic heterocycles. The van der Waals surface area contributed by atoms with Crippen LogP contribution < -0.4 is 0 Å². The van der Waals surface area contributed by atoms with E-state index < -0.39 is 0 Å². The zero-order valence-electron chi connectivity index (χ0n) is 5.76. The summed E-state index contributed by atoms with van der Waals surface area (Å²) in [5.74, 6) is 1.18. The van der Waals surface area contributed by atoms with Gasteiger partial charge < -0.3 is 4.90 Å². The molecule has 0 saturated carbocycles. The Hall–Kier alpha value is 0.240. The molecule has 0 unspecified atom stereocenters. The predicted octanol–water partition coefficient (Wildman–Crippen LogP) is 1.73. The highest BCUT2D eigenvalue weighted by molar-refractivity contribution is 8.23. The van der Waals surface area contributed by atoms with Crippen LogP contribution in [-0.4, -0.2) is 27.6 Å². The van der Waals surface area contributed by atoms with Gasteiger partial charge in [-0.25, -0.2) is 0 Å². The lowest BCUT2D eigenvalue weighted by molar-refractivity contribution is 0.389. The van der Waals surface area contributed by atoms with Crippen molar-refractivity contribution >= 4 is 28.3 Å². The Morgan fingerprint density at radius 1 is 1.67 bits per heavy atom. The minimum absolute atomic E-state index is 0.590. The van der Waals surface area contributed by atoms with Crippen LogP contribution in [0.25, 0.3) is 0 Å². The van der Waals surface area contributed by atoms with Crippen LogP contribution in [0.15, 0.2) is 0 Å². The molecular weight excluding hydrogens is 150 g/mol.